The Balaban J connectivity index is 2.27. The van der Waals surface area contributed by atoms with Crippen LogP contribution in [-0.2, 0) is 9.53 Å². The van der Waals surface area contributed by atoms with E-state index in [0.717, 1.165) is 6.42 Å². The number of halogens is 1. The van der Waals surface area contributed by atoms with E-state index in [1.54, 1.807) is 25.3 Å². The van der Waals surface area contributed by atoms with Crippen molar-refractivity contribution < 1.29 is 14.3 Å². The van der Waals surface area contributed by atoms with E-state index in [2.05, 4.69) is 5.32 Å². The second kappa shape index (κ2) is 7.79. The fraction of sp³-hybridized carbons (Fsp3) is 0.417. The molecule has 0 aliphatic heterocycles. The maximum Gasteiger partial charge on any atom is 0.257 e. The molecular formula is C12H17ClN2O3. The highest BCUT2D eigenvalue weighted by Crippen LogP contribution is 2.23. The molecule has 0 aliphatic carbocycles. The summed E-state index contributed by atoms with van der Waals surface area (Å²) in [6.45, 7) is 1.14. The number of nitrogen functional groups attached to an aromatic ring is 1. The van der Waals surface area contributed by atoms with Crippen LogP contribution in [0, 0.1) is 0 Å². The van der Waals surface area contributed by atoms with Gasteiger partial charge in [-0.05, 0) is 18.6 Å². The zero-order chi connectivity index (χ0) is 13.4. The molecule has 3 N–H and O–H groups in total. The largest absolute Gasteiger partial charge is 0.484 e. The first-order valence-corrected chi connectivity index (χ1v) is 5.94. The van der Waals surface area contributed by atoms with Crippen LogP contribution in [0.3, 0.4) is 0 Å². The predicted molar refractivity (Wildman–Crippen MR) is 70.9 cm³/mol. The van der Waals surface area contributed by atoms with Crippen LogP contribution in [0.5, 0.6) is 5.75 Å². The third-order valence-corrected chi connectivity index (χ3v) is 2.52. The summed E-state index contributed by atoms with van der Waals surface area (Å²) in [7, 11) is 1.62. The molecule has 18 heavy (non-hydrogen) atoms. The maximum atomic E-state index is 11.4. The summed E-state index contributed by atoms with van der Waals surface area (Å²) in [4.78, 5) is 11.4. The summed E-state index contributed by atoms with van der Waals surface area (Å²) in [6, 6.07) is 4.88. The van der Waals surface area contributed by atoms with Gasteiger partial charge in [-0.1, -0.05) is 11.6 Å². The lowest BCUT2D eigenvalue weighted by atomic mass is 10.3. The van der Waals surface area contributed by atoms with Crippen LogP contribution in [0.25, 0.3) is 0 Å². The lowest BCUT2D eigenvalue weighted by Crippen LogP contribution is -2.30. The molecule has 5 nitrogen and oxygen atoms in total. The van der Waals surface area contributed by atoms with Crippen LogP contribution in [0.4, 0.5) is 5.69 Å². The summed E-state index contributed by atoms with van der Waals surface area (Å²) in [5.74, 6) is 0.334. The Labute approximate surface area is 111 Å². The molecule has 0 aromatic heterocycles. The molecule has 0 heterocycles. The molecule has 1 aromatic carbocycles. The molecule has 0 unspecified atom stereocenters. The molecule has 0 atom stereocenters. The van der Waals surface area contributed by atoms with Crippen molar-refractivity contribution in [2.24, 2.45) is 0 Å². The molecule has 0 bridgehead atoms. The van der Waals surface area contributed by atoms with E-state index in [-0.39, 0.29) is 12.5 Å². The number of hydrogen-bond acceptors (Lipinski definition) is 4. The van der Waals surface area contributed by atoms with Gasteiger partial charge in [-0.25, -0.2) is 0 Å². The van der Waals surface area contributed by atoms with Crippen molar-refractivity contribution in [2.75, 3.05) is 32.6 Å². The average molecular weight is 273 g/mol. The summed E-state index contributed by atoms with van der Waals surface area (Å²) < 4.78 is 10.1. The van der Waals surface area contributed by atoms with Gasteiger partial charge in [0.1, 0.15) is 5.75 Å². The molecule has 1 amide bonds. The first kappa shape index (κ1) is 14.6. The minimum absolute atomic E-state index is 0.0484. The van der Waals surface area contributed by atoms with Crippen LogP contribution in [-0.4, -0.2) is 32.8 Å². The third kappa shape index (κ3) is 5.25. The molecule has 0 fully saturated rings. The highest BCUT2D eigenvalue weighted by atomic mass is 35.5. The molecule has 1 aromatic rings. The molecule has 0 saturated carbocycles. The molecular weight excluding hydrogens is 256 g/mol. The van der Waals surface area contributed by atoms with Gasteiger partial charge in [0, 0.05) is 26.3 Å². The van der Waals surface area contributed by atoms with Crippen molar-refractivity contribution in [1.29, 1.82) is 0 Å². The first-order valence-electron chi connectivity index (χ1n) is 5.57. The number of hydrogen-bond donors (Lipinski definition) is 2. The number of ether oxygens (including phenoxy) is 2. The van der Waals surface area contributed by atoms with Gasteiger partial charge >= 0.3 is 0 Å². The minimum Gasteiger partial charge on any atom is -0.484 e. The molecule has 0 saturated heterocycles. The van der Waals surface area contributed by atoms with Crippen LogP contribution in [0.2, 0.25) is 5.02 Å². The lowest BCUT2D eigenvalue weighted by molar-refractivity contribution is -0.123. The summed E-state index contributed by atoms with van der Waals surface area (Å²) in [5, 5.41) is 3.12. The van der Waals surface area contributed by atoms with Crippen molar-refractivity contribution in [3.63, 3.8) is 0 Å². The fourth-order valence-corrected chi connectivity index (χ4v) is 1.41. The predicted octanol–water partition coefficient (Wildman–Crippen LogP) is 1.45. The van der Waals surface area contributed by atoms with E-state index in [4.69, 9.17) is 26.8 Å². The van der Waals surface area contributed by atoms with Crippen molar-refractivity contribution >= 4 is 23.2 Å². The van der Waals surface area contributed by atoms with Gasteiger partial charge in [-0.15, -0.1) is 0 Å². The van der Waals surface area contributed by atoms with Crippen molar-refractivity contribution in [2.45, 2.75) is 6.42 Å². The van der Waals surface area contributed by atoms with Gasteiger partial charge in [0.25, 0.3) is 5.91 Å². The highest BCUT2D eigenvalue weighted by molar-refractivity contribution is 6.33. The summed E-state index contributed by atoms with van der Waals surface area (Å²) in [6.07, 6.45) is 0.774. The second-order valence-electron chi connectivity index (χ2n) is 3.67. The molecule has 6 heteroatoms. The number of carbonyl (C=O) groups excluding carboxylic acids is 1. The molecule has 0 spiro atoms. The van der Waals surface area contributed by atoms with Crippen LogP contribution < -0.4 is 15.8 Å². The van der Waals surface area contributed by atoms with Gasteiger partial charge in [0.15, 0.2) is 6.61 Å². The van der Waals surface area contributed by atoms with Crippen molar-refractivity contribution in [1.82, 2.24) is 5.32 Å². The minimum atomic E-state index is -0.181. The van der Waals surface area contributed by atoms with Crippen LogP contribution >= 0.6 is 11.6 Å². The van der Waals surface area contributed by atoms with E-state index in [9.17, 15) is 4.79 Å². The Morgan fingerprint density at radius 2 is 2.28 bits per heavy atom. The monoisotopic (exact) mass is 272 g/mol. The summed E-state index contributed by atoms with van der Waals surface area (Å²) >= 11 is 5.83. The van der Waals surface area contributed by atoms with E-state index in [1.807, 2.05) is 0 Å². The summed E-state index contributed by atoms with van der Waals surface area (Å²) in [5.41, 5.74) is 6.04. The number of benzene rings is 1. The van der Waals surface area contributed by atoms with Gasteiger partial charge in [-0.2, -0.15) is 0 Å². The van der Waals surface area contributed by atoms with Gasteiger partial charge < -0.3 is 20.5 Å². The number of nitrogens with one attached hydrogen (secondary N) is 1. The normalized spacial score (nSPS) is 10.1. The lowest BCUT2D eigenvalue weighted by Gasteiger charge is -2.08. The topological polar surface area (TPSA) is 73.6 Å². The van der Waals surface area contributed by atoms with Gasteiger partial charge in [0.05, 0.1) is 10.7 Å². The number of anilines is 1. The standard InChI is InChI=1S/C12H17ClN2O3/c1-17-6-2-5-15-12(16)8-18-9-3-4-11(14)10(13)7-9/h3-4,7H,2,5-6,8,14H2,1H3,(H,15,16). The third-order valence-electron chi connectivity index (χ3n) is 2.19. The fourth-order valence-electron chi connectivity index (χ4n) is 1.24. The maximum absolute atomic E-state index is 11.4. The Kier molecular flexibility index (Phi) is 6.32. The van der Waals surface area contributed by atoms with Crippen LogP contribution in [0.1, 0.15) is 6.42 Å². The Bertz CT molecular complexity index is 399. The number of amides is 1. The molecule has 0 aliphatic rings. The smallest absolute Gasteiger partial charge is 0.257 e. The number of methoxy groups -OCH3 is 1. The highest BCUT2D eigenvalue weighted by Gasteiger charge is 2.03. The van der Waals surface area contributed by atoms with E-state index < -0.39 is 0 Å². The van der Waals surface area contributed by atoms with E-state index >= 15 is 0 Å². The molecule has 0 radical (unpaired) electrons. The zero-order valence-electron chi connectivity index (χ0n) is 10.2. The molecule has 1 rings (SSSR count). The number of rotatable bonds is 7. The first-order chi connectivity index (χ1) is 8.63. The Morgan fingerprint density at radius 1 is 1.50 bits per heavy atom. The van der Waals surface area contributed by atoms with Crippen LogP contribution in [0.15, 0.2) is 18.2 Å². The van der Waals surface area contributed by atoms with E-state index in [1.165, 1.54) is 0 Å². The number of nitrogens with two attached hydrogens (primary N) is 1. The average Bonchev–Trinajstić information content (AvgIpc) is 2.36. The Morgan fingerprint density at radius 3 is 2.94 bits per heavy atom. The SMILES string of the molecule is COCCCNC(=O)COc1ccc(N)c(Cl)c1. The quantitative estimate of drug-likeness (QED) is 0.582. The Hall–Kier alpha value is -1.46. The van der Waals surface area contributed by atoms with Gasteiger partial charge in [0.2, 0.25) is 0 Å². The van der Waals surface area contributed by atoms with Crippen molar-refractivity contribution in [3.8, 4) is 5.75 Å². The zero-order valence-corrected chi connectivity index (χ0v) is 11.0. The second-order valence-corrected chi connectivity index (χ2v) is 4.08. The van der Waals surface area contributed by atoms with Crippen molar-refractivity contribution in [3.05, 3.63) is 23.2 Å². The van der Waals surface area contributed by atoms with E-state index in [0.29, 0.717) is 29.6 Å². The number of carbonyl (C=O) groups is 1. The van der Waals surface area contributed by atoms with Gasteiger partial charge in [-0.3, -0.25) is 4.79 Å². The molecule has 100 valence electrons.